The molecule has 0 aliphatic heterocycles. The summed E-state index contributed by atoms with van der Waals surface area (Å²) in [5.41, 5.74) is 0.624. The summed E-state index contributed by atoms with van der Waals surface area (Å²) in [5, 5.41) is 2.70. The maximum absolute atomic E-state index is 12.3. The highest BCUT2D eigenvalue weighted by molar-refractivity contribution is 7.92. The number of amides is 1. The molecule has 3 aromatic rings. The number of carbonyl (C=O) groups excluding carboxylic acids is 1. The van der Waals surface area contributed by atoms with Crippen molar-refractivity contribution in [2.75, 3.05) is 10.0 Å². The Morgan fingerprint density at radius 2 is 1.58 bits per heavy atom. The highest BCUT2D eigenvalue weighted by Gasteiger charge is 2.16. The fourth-order valence-corrected chi connectivity index (χ4v) is 3.17. The zero-order valence-electron chi connectivity index (χ0n) is 13.1. The van der Waals surface area contributed by atoms with E-state index in [0.717, 1.165) is 0 Å². The van der Waals surface area contributed by atoms with E-state index in [1.54, 1.807) is 12.1 Å². The summed E-state index contributed by atoms with van der Waals surface area (Å²) >= 11 is 5.88. The van der Waals surface area contributed by atoms with E-state index in [-0.39, 0.29) is 21.6 Å². The molecule has 0 spiro atoms. The van der Waals surface area contributed by atoms with Crippen LogP contribution < -0.4 is 10.0 Å². The normalized spacial score (nSPS) is 11.0. The third-order valence-electron chi connectivity index (χ3n) is 3.22. The molecule has 132 valence electrons. The van der Waals surface area contributed by atoms with Gasteiger partial charge in [0.15, 0.2) is 0 Å². The lowest BCUT2D eigenvalue weighted by molar-refractivity contribution is 0.102. The minimum absolute atomic E-state index is 0.00219. The molecule has 0 unspecified atom stereocenters. The van der Waals surface area contributed by atoms with Gasteiger partial charge in [0.05, 0.1) is 10.5 Å². The Labute approximate surface area is 154 Å². The van der Waals surface area contributed by atoms with Crippen molar-refractivity contribution in [3.05, 3.63) is 71.8 Å². The first-order chi connectivity index (χ1) is 12.5. The van der Waals surface area contributed by atoms with Gasteiger partial charge in [-0.3, -0.25) is 4.79 Å². The molecular weight excluding hydrogens is 378 g/mol. The maximum atomic E-state index is 12.3. The van der Waals surface area contributed by atoms with E-state index >= 15 is 0 Å². The number of sulfonamides is 1. The van der Waals surface area contributed by atoms with Crippen LogP contribution in [0.5, 0.6) is 0 Å². The van der Waals surface area contributed by atoms with Crippen LogP contribution in [0.25, 0.3) is 0 Å². The van der Waals surface area contributed by atoms with E-state index < -0.39 is 15.9 Å². The Morgan fingerprint density at radius 3 is 2.23 bits per heavy atom. The van der Waals surface area contributed by atoms with Gasteiger partial charge in [0.2, 0.25) is 5.95 Å². The van der Waals surface area contributed by atoms with Crippen LogP contribution in [0.1, 0.15) is 10.4 Å². The molecule has 2 aromatic heterocycles. The predicted octanol–water partition coefficient (Wildman–Crippen LogP) is 2.58. The second-order valence-corrected chi connectivity index (χ2v) is 7.04. The number of halogens is 1. The molecule has 2 heterocycles. The first-order valence-electron chi connectivity index (χ1n) is 7.27. The van der Waals surface area contributed by atoms with Crippen molar-refractivity contribution in [1.29, 1.82) is 0 Å². The van der Waals surface area contributed by atoms with Crippen molar-refractivity contribution in [3.8, 4) is 0 Å². The van der Waals surface area contributed by atoms with Gasteiger partial charge in [0, 0.05) is 24.3 Å². The molecular formula is C16H12ClN5O3S. The van der Waals surface area contributed by atoms with E-state index in [0.29, 0.717) is 5.69 Å². The molecule has 0 fully saturated rings. The Bertz CT molecular complexity index is 1030. The SMILES string of the molecule is O=C(Nc1ccc(S(=O)(=O)Nc2ncccn2)cc1)c1cccnc1Cl. The minimum Gasteiger partial charge on any atom is -0.322 e. The van der Waals surface area contributed by atoms with Gasteiger partial charge < -0.3 is 5.32 Å². The topological polar surface area (TPSA) is 114 Å². The third kappa shape index (κ3) is 4.13. The minimum atomic E-state index is -3.84. The van der Waals surface area contributed by atoms with Gasteiger partial charge in [-0.15, -0.1) is 0 Å². The average Bonchev–Trinajstić information content (AvgIpc) is 2.63. The van der Waals surface area contributed by atoms with Crippen molar-refractivity contribution in [2.24, 2.45) is 0 Å². The van der Waals surface area contributed by atoms with Gasteiger partial charge in [0.25, 0.3) is 15.9 Å². The molecule has 10 heteroatoms. The van der Waals surface area contributed by atoms with Crippen LogP contribution in [-0.2, 0) is 10.0 Å². The summed E-state index contributed by atoms with van der Waals surface area (Å²) in [6.45, 7) is 0. The average molecular weight is 390 g/mol. The molecule has 0 bridgehead atoms. The summed E-state index contributed by atoms with van der Waals surface area (Å²) in [7, 11) is -3.84. The number of nitrogens with zero attached hydrogens (tertiary/aromatic N) is 3. The number of rotatable bonds is 5. The van der Waals surface area contributed by atoms with E-state index in [4.69, 9.17) is 11.6 Å². The van der Waals surface area contributed by atoms with Gasteiger partial charge in [0.1, 0.15) is 5.15 Å². The number of hydrogen-bond donors (Lipinski definition) is 2. The molecule has 26 heavy (non-hydrogen) atoms. The number of aromatic nitrogens is 3. The Balaban J connectivity index is 1.74. The number of pyridine rings is 1. The van der Waals surface area contributed by atoms with Gasteiger partial charge in [-0.2, -0.15) is 0 Å². The van der Waals surface area contributed by atoms with E-state index in [9.17, 15) is 13.2 Å². The lowest BCUT2D eigenvalue weighted by atomic mass is 10.2. The van der Waals surface area contributed by atoms with Crippen LogP contribution in [0, 0.1) is 0 Å². The predicted molar refractivity (Wildman–Crippen MR) is 96.5 cm³/mol. The fraction of sp³-hybridized carbons (Fsp3) is 0. The standard InChI is InChI=1S/C16H12ClN5O3S/c17-14-13(3-1-8-18-14)15(23)21-11-4-6-12(7-5-11)26(24,25)22-16-19-9-2-10-20-16/h1-10H,(H,21,23)(H,19,20,22). The van der Waals surface area contributed by atoms with Gasteiger partial charge in [-0.1, -0.05) is 11.6 Å². The molecule has 8 nitrogen and oxygen atoms in total. The first kappa shape index (κ1) is 17.8. The molecule has 0 saturated heterocycles. The molecule has 0 aliphatic rings. The second kappa shape index (κ2) is 7.46. The quantitative estimate of drug-likeness (QED) is 0.648. The fourth-order valence-electron chi connectivity index (χ4n) is 2.00. The first-order valence-corrected chi connectivity index (χ1v) is 9.13. The summed E-state index contributed by atoms with van der Waals surface area (Å²) in [6, 6.07) is 10.3. The van der Waals surface area contributed by atoms with Crippen LogP contribution in [0.15, 0.2) is 66.0 Å². The summed E-state index contributed by atoms with van der Waals surface area (Å²) < 4.78 is 26.9. The summed E-state index contributed by atoms with van der Waals surface area (Å²) in [4.78, 5) is 23.6. The Morgan fingerprint density at radius 1 is 0.923 bits per heavy atom. The highest BCUT2D eigenvalue weighted by Crippen LogP contribution is 2.18. The number of carbonyl (C=O) groups is 1. The number of hydrogen-bond acceptors (Lipinski definition) is 6. The molecule has 0 radical (unpaired) electrons. The molecule has 2 N–H and O–H groups in total. The van der Waals surface area contributed by atoms with Crippen molar-refractivity contribution in [2.45, 2.75) is 4.90 Å². The summed E-state index contributed by atoms with van der Waals surface area (Å²) in [6.07, 6.45) is 4.32. The molecule has 0 aliphatic carbocycles. The molecule has 3 rings (SSSR count). The Kier molecular flexibility index (Phi) is 5.10. The van der Waals surface area contributed by atoms with Crippen molar-refractivity contribution < 1.29 is 13.2 Å². The van der Waals surface area contributed by atoms with Crippen molar-refractivity contribution in [3.63, 3.8) is 0 Å². The molecule has 0 saturated carbocycles. The smallest absolute Gasteiger partial charge is 0.264 e. The van der Waals surface area contributed by atoms with Crippen LogP contribution >= 0.6 is 11.6 Å². The van der Waals surface area contributed by atoms with Crippen LogP contribution in [-0.4, -0.2) is 29.3 Å². The zero-order valence-corrected chi connectivity index (χ0v) is 14.7. The molecule has 1 aromatic carbocycles. The number of anilines is 2. The van der Waals surface area contributed by atoms with Gasteiger partial charge >= 0.3 is 0 Å². The van der Waals surface area contributed by atoms with E-state index in [2.05, 4.69) is 25.0 Å². The largest absolute Gasteiger partial charge is 0.322 e. The third-order valence-corrected chi connectivity index (χ3v) is 4.86. The van der Waals surface area contributed by atoms with Crippen molar-refractivity contribution >= 4 is 39.2 Å². The van der Waals surface area contributed by atoms with E-state index in [1.807, 2.05) is 0 Å². The maximum Gasteiger partial charge on any atom is 0.264 e. The number of benzene rings is 1. The summed E-state index contributed by atoms with van der Waals surface area (Å²) in [5.74, 6) is -0.481. The monoisotopic (exact) mass is 389 g/mol. The molecule has 1 amide bonds. The van der Waals surface area contributed by atoms with Gasteiger partial charge in [-0.25, -0.2) is 28.1 Å². The van der Waals surface area contributed by atoms with Crippen LogP contribution in [0.4, 0.5) is 11.6 Å². The Hall–Kier alpha value is -3.04. The lowest BCUT2D eigenvalue weighted by Crippen LogP contribution is -2.15. The van der Waals surface area contributed by atoms with Gasteiger partial charge in [-0.05, 0) is 42.5 Å². The lowest BCUT2D eigenvalue weighted by Gasteiger charge is -2.09. The highest BCUT2D eigenvalue weighted by atomic mass is 35.5. The second-order valence-electron chi connectivity index (χ2n) is 5.00. The van der Waals surface area contributed by atoms with Crippen molar-refractivity contribution in [1.82, 2.24) is 15.0 Å². The van der Waals surface area contributed by atoms with E-state index in [1.165, 1.54) is 48.9 Å². The van der Waals surface area contributed by atoms with Crippen LogP contribution in [0.3, 0.4) is 0 Å². The van der Waals surface area contributed by atoms with Crippen LogP contribution in [0.2, 0.25) is 5.15 Å². The number of nitrogens with one attached hydrogen (secondary N) is 2. The zero-order chi connectivity index (χ0) is 18.6. The molecule has 0 atom stereocenters.